The molecule has 0 N–H and O–H groups in total. The van der Waals surface area contributed by atoms with E-state index in [-0.39, 0.29) is 0 Å². The first-order valence-electron chi connectivity index (χ1n) is 15.0. The van der Waals surface area contributed by atoms with Crippen molar-refractivity contribution >= 4 is 54.0 Å². The van der Waals surface area contributed by atoms with Gasteiger partial charge >= 0.3 is 0 Å². The lowest BCUT2D eigenvalue weighted by Gasteiger charge is -2.17. The van der Waals surface area contributed by atoms with Crippen LogP contribution in [0.15, 0.2) is 158 Å². The summed E-state index contributed by atoms with van der Waals surface area (Å²) in [5.41, 5.74) is 8.03. The maximum absolute atomic E-state index is 5.13. The Morgan fingerprint density at radius 2 is 1.05 bits per heavy atom. The highest BCUT2D eigenvalue weighted by Crippen LogP contribution is 2.43. The van der Waals surface area contributed by atoms with E-state index in [1.807, 2.05) is 18.5 Å². The maximum Gasteiger partial charge on any atom is 0.0787 e. The number of pyridine rings is 2. The lowest BCUT2D eigenvalue weighted by Crippen LogP contribution is -1.91. The molecule has 0 bridgehead atoms. The van der Waals surface area contributed by atoms with Crippen LogP contribution in [0.1, 0.15) is 0 Å². The maximum atomic E-state index is 5.13. The molecule has 44 heavy (non-hydrogen) atoms. The number of rotatable bonds is 3. The Balaban J connectivity index is 1.33. The average Bonchev–Trinajstić information content (AvgIpc) is 3.11. The first kappa shape index (κ1) is 24.7. The van der Waals surface area contributed by atoms with Gasteiger partial charge in [-0.05, 0) is 89.8 Å². The van der Waals surface area contributed by atoms with Crippen LogP contribution >= 0.6 is 0 Å². The first-order valence-corrected chi connectivity index (χ1v) is 15.0. The zero-order chi connectivity index (χ0) is 29.0. The van der Waals surface area contributed by atoms with E-state index >= 15 is 0 Å². The van der Waals surface area contributed by atoms with Crippen LogP contribution in [-0.4, -0.2) is 9.97 Å². The highest BCUT2D eigenvalue weighted by atomic mass is 14.7. The predicted molar refractivity (Wildman–Crippen MR) is 186 cm³/mol. The third-order valence-corrected chi connectivity index (χ3v) is 8.95. The Bertz CT molecular complexity index is 2530. The summed E-state index contributed by atoms with van der Waals surface area (Å²) in [5, 5.41) is 11.1. The lowest BCUT2D eigenvalue weighted by molar-refractivity contribution is 1.33. The Hall–Kier alpha value is -5.86. The van der Waals surface area contributed by atoms with E-state index in [9.17, 15) is 0 Å². The fourth-order valence-corrected chi connectivity index (χ4v) is 6.81. The fourth-order valence-electron chi connectivity index (χ4n) is 6.81. The van der Waals surface area contributed by atoms with Crippen LogP contribution in [0.2, 0.25) is 0 Å². The summed E-state index contributed by atoms with van der Waals surface area (Å²) in [6.45, 7) is 0. The van der Waals surface area contributed by atoms with Gasteiger partial charge in [0.2, 0.25) is 0 Å². The van der Waals surface area contributed by atoms with Gasteiger partial charge in [0, 0.05) is 34.9 Å². The van der Waals surface area contributed by atoms with Crippen molar-refractivity contribution in [2.45, 2.75) is 0 Å². The largest absolute Gasteiger partial charge is 0.264 e. The minimum atomic E-state index is 1.03. The van der Waals surface area contributed by atoms with E-state index in [1.165, 1.54) is 59.6 Å². The predicted octanol–water partition coefficient (Wildman–Crippen LogP) is 11.2. The molecule has 2 nitrogen and oxygen atoms in total. The van der Waals surface area contributed by atoms with E-state index in [0.29, 0.717) is 0 Å². The van der Waals surface area contributed by atoms with Gasteiger partial charge in [-0.2, -0.15) is 0 Å². The Kier molecular flexibility index (Phi) is 5.54. The molecule has 0 saturated carbocycles. The minimum absolute atomic E-state index is 1.03. The topological polar surface area (TPSA) is 25.8 Å². The molecule has 0 atom stereocenters. The summed E-state index contributed by atoms with van der Waals surface area (Å²) in [7, 11) is 0. The van der Waals surface area contributed by atoms with E-state index in [4.69, 9.17) is 4.98 Å². The summed E-state index contributed by atoms with van der Waals surface area (Å²) in [4.78, 5) is 9.41. The Labute approximate surface area is 254 Å². The van der Waals surface area contributed by atoms with Gasteiger partial charge in [0.25, 0.3) is 0 Å². The number of hydrogen-bond donors (Lipinski definition) is 0. The molecule has 7 aromatic carbocycles. The van der Waals surface area contributed by atoms with Gasteiger partial charge < -0.3 is 0 Å². The van der Waals surface area contributed by atoms with Crippen molar-refractivity contribution in [1.29, 1.82) is 0 Å². The Morgan fingerprint density at radius 1 is 0.364 bits per heavy atom. The molecular weight excluding hydrogens is 532 g/mol. The molecule has 2 heterocycles. The normalized spacial score (nSPS) is 11.6. The summed E-state index contributed by atoms with van der Waals surface area (Å²) in [6, 6.07) is 50.4. The molecule has 0 fully saturated rings. The molecule has 0 unspecified atom stereocenters. The van der Waals surface area contributed by atoms with Crippen LogP contribution in [-0.2, 0) is 0 Å². The van der Waals surface area contributed by atoms with Gasteiger partial charge in [0.05, 0.1) is 5.52 Å². The number of nitrogens with zero attached hydrogens (tertiary/aromatic N) is 2. The third kappa shape index (κ3) is 3.89. The van der Waals surface area contributed by atoms with Gasteiger partial charge in [-0.3, -0.25) is 9.97 Å². The zero-order valence-corrected chi connectivity index (χ0v) is 23.9. The fraction of sp³-hybridized carbons (Fsp3) is 0. The monoisotopic (exact) mass is 558 g/mol. The number of hydrogen-bond acceptors (Lipinski definition) is 2. The highest BCUT2D eigenvalue weighted by Gasteiger charge is 2.16. The smallest absolute Gasteiger partial charge is 0.0787 e. The van der Waals surface area contributed by atoms with Crippen molar-refractivity contribution in [1.82, 2.24) is 9.97 Å². The molecule has 2 heteroatoms. The van der Waals surface area contributed by atoms with Crippen molar-refractivity contribution in [3.63, 3.8) is 0 Å². The SMILES string of the molecule is c1cncc(-c2ccc(-c3cnc4c5ccccc5c5cc(-c6ccc7ccccc7c6)c6ccccc6c5c4c3)cc2)c1. The Morgan fingerprint density at radius 3 is 1.84 bits per heavy atom. The van der Waals surface area contributed by atoms with Gasteiger partial charge in [0.15, 0.2) is 0 Å². The zero-order valence-electron chi connectivity index (χ0n) is 23.9. The second kappa shape index (κ2) is 9.86. The second-order valence-corrected chi connectivity index (χ2v) is 11.4. The average molecular weight is 559 g/mol. The van der Waals surface area contributed by atoms with Crippen LogP contribution in [0.25, 0.3) is 87.4 Å². The van der Waals surface area contributed by atoms with Crippen LogP contribution in [0, 0.1) is 0 Å². The van der Waals surface area contributed by atoms with Crippen molar-refractivity contribution in [3.05, 3.63) is 158 Å². The minimum Gasteiger partial charge on any atom is -0.264 e. The number of aromatic nitrogens is 2. The molecule has 2 aromatic heterocycles. The molecule has 9 rings (SSSR count). The summed E-state index contributed by atoms with van der Waals surface area (Å²) in [5.74, 6) is 0. The van der Waals surface area contributed by atoms with Crippen molar-refractivity contribution in [2.24, 2.45) is 0 Å². The standard InChI is InChI=1S/C42H26N2/c1-2-9-30-22-31(20-19-27(30)8-1)38-24-39-35-12-4-6-14-37(35)42-40(41(39)36-13-5-3-11-34(36)38)23-33(26-44-42)29-17-15-28(16-18-29)32-10-7-21-43-25-32/h1-26H. The molecule has 0 amide bonds. The van der Waals surface area contributed by atoms with Gasteiger partial charge in [-0.25, -0.2) is 0 Å². The third-order valence-electron chi connectivity index (χ3n) is 8.95. The molecule has 0 aliphatic rings. The van der Waals surface area contributed by atoms with E-state index < -0.39 is 0 Å². The quantitative estimate of drug-likeness (QED) is 0.202. The molecule has 0 aliphatic carbocycles. The van der Waals surface area contributed by atoms with E-state index in [1.54, 1.807) is 6.20 Å². The van der Waals surface area contributed by atoms with Crippen LogP contribution in [0.4, 0.5) is 0 Å². The summed E-state index contributed by atoms with van der Waals surface area (Å²) in [6.07, 6.45) is 5.73. The molecule has 0 radical (unpaired) electrons. The molecule has 0 saturated heterocycles. The van der Waals surface area contributed by atoms with Crippen LogP contribution in [0.5, 0.6) is 0 Å². The highest BCUT2D eigenvalue weighted by molar-refractivity contribution is 6.32. The molecule has 9 aromatic rings. The molecular formula is C42H26N2. The van der Waals surface area contributed by atoms with Gasteiger partial charge in [-0.15, -0.1) is 0 Å². The van der Waals surface area contributed by atoms with Gasteiger partial charge in [-0.1, -0.05) is 115 Å². The van der Waals surface area contributed by atoms with Gasteiger partial charge in [0.1, 0.15) is 0 Å². The van der Waals surface area contributed by atoms with E-state index in [0.717, 1.165) is 27.8 Å². The van der Waals surface area contributed by atoms with Crippen molar-refractivity contribution < 1.29 is 0 Å². The number of fused-ring (bicyclic) bond motifs is 9. The molecule has 0 aliphatic heterocycles. The molecule has 204 valence electrons. The van der Waals surface area contributed by atoms with Crippen molar-refractivity contribution in [3.8, 4) is 33.4 Å². The number of benzene rings is 7. The second-order valence-electron chi connectivity index (χ2n) is 11.4. The first-order chi connectivity index (χ1) is 21.8. The summed E-state index contributed by atoms with van der Waals surface area (Å²) >= 11 is 0. The van der Waals surface area contributed by atoms with Crippen LogP contribution in [0.3, 0.4) is 0 Å². The van der Waals surface area contributed by atoms with Crippen molar-refractivity contribution in [2.75, 3.05) is 0 Å². The lowest BCUT2D eigenvalue weighted by atomic mass is 9.87. The summed E-state index contributed by atoms with van der Waals surface area (Å²) < 4.78 is 0. The van der Waals surface area contributed by atoms with E-state index in [2.05, 4.69) is 138 Å². The molecule has 0 spiro atoms. The van der Waals surface area contributed by atoms with Crippen LogP contribution < -0.4 is 0 Å².